The molecule has 2 fully saturated rings. The van der Waals surface area contributed by atoms with Gasteiger partial charge in [0.2, 0.25) is 11.9 Å². The van der Waals surface area contributed by atoms with Gasteiger partial charge in [-0.25, -0.2) is 24.9 Å². The molecule has 0 aliphatic carbocycles. The molecular weight excluding hydrogens is 592 g/mol. The number of pyridine rings is 1. The van der Waals surface area contributed by atoms with E-state index >= 15 is 0 Å². The van der Waals surface area contributed by atoms with E-state index in [1.54, 1.807) is 18.6 Å². The molecule has 3 aliphatic heterocycles. The Bertz CT molecular complexity index is 1870. The predicted octanol–water partition coefficient (Wildman–Crippen LogP) is 3.53. The normalized spacial score (nSPS) is 20.2. The first-order chi connectivity index (χ1) is 23.2. The summed E-state index contributed by atoms with van der Waals surface area (Å²) in [6.07, 6.45) is 9.46. The van der Waals surface area contributed by atoms with E-state index < -0.39 is 0 Å². The maximum atomic E-state index is 6.44. The Balaban J connectivity index is 0.995. The number of morpholine rings is 1. The summed E-state index contributed by atoms with van der Waals surface area (Å²) in [7, 11) is 0. The number of nitrogen functional groups attached to an aromatic ring is 1. The van der Waals surface area contributed by atoms with Gasteiger partial charge >= 0.3 is 0 Å². The number of ether oxygens (including phenoxy) is 1. The zero-order valence-electron chi connectivity index (χ0n) is 26.2. The molecule has 2 unspecified atom stereocenters. The van der Waals surface area contributed by atoms with Crippen molar-refractivity contribution in [1.29, 1.82) is 0 Å². The smallest absolute Gasteiger partial charge is 0.227 e. The molecule has 8 rings (SSSR count). The molecule has 0 bridgehead atoms. The fourth-order valence-electron chi connectivity index (χ4n) is 6.89. The van der Waals surface area contributed by atoms with Gasteiger partial charge in [-0.3, -0.25) is 9.88 Å². The van der Waals surface area contributed by atoms with Gasteiger partial charge in [-0.1, -0.05) is 24.3 Å². The standard InChI is InChI=1S/C34H38N12O/c35-32-26-8-11-45(20-30(26)43-34(44-32)46-12-14-47-15-13-46)19-24-3-1-2-22-4-5-27(41-31(22)24)23-6-9-38-29(16-23)28-7-10-39-33(42-28)40-25-17-36-21-37-18-25/h1-5,7,10,17-18,21,23,29,38H,6,8-9,11-16,19-20H2,(H2,35,43,44)(H,39,40,42). The van der Waals surface area contributed by atoms with Crippen LogP contribution in [-0.2, 0) is 24.2 Å². The van der Waals surface area contributed by atoms with E-state index in [1.807, 2.05) is 6.07 Å². The van der Waals surface area contributed by atoms with Crippen LogP contribution in [0.25, 0.3) is 10.9 Å². The molecule has 0 amide bonds. The summed E-state index contributed by atoms with van der Waals surface area (Å²) in [4.78, 5) is 36.9. The number of rotatable bonds is 7. The SMILES string of the molecule is Nc1nc(N2CCOCC2)nc2c1CCN(Cc1cccc3ccc(C4CCNC(c5ccnc(Nc6cncnc6)n5)C4)nc13)C2. The van der Waals surface area contributed by atoms with Crippen LogP contribution >= 0.6 is 0 Å². The summed E-state index contributed by atoms with van der Waals surface area (Å²) >= 11 is 0. The predicted molar refractivity (Wildman–Crippen MR) is 179 cm³/mol. The van der Waals surface area contributed by atoms with Gasteiger partial charge in [0.25, 0.3) is 0 Å². The lowest BCUT2D eigenvalue weighted by atomic mass is 9.87. The van der Waals surface area contributed by atoms with Crippen molar-refractivity contribution in [2.24, 2.45) is 0 Å². The van der Waals surface area contributed by atoms with E-state index in [0.717, 1.165) is 97.8 Å². The largest absolute Gasteiger partial charge is 0.383 e. The Morgan fingerprint density at radius 1 is 0.957 bits per heavy atom. The molecule has 13 nitrogen and oxygen atoms in total. The summed E-state index contributed by atoms with van der Waals surface area (Å²) in [5.74, 6) is 2.16. The number of hydrogen-bond donors (Lipinski definition) is 3. The van der Waals surface area contributed by atoms with Crippen molar-refractivity contribution in [3.05, 3.63) is 89.5 Å². The average molecular weight is 631 g/mol. The highest BCUT2D eigenvalue weighted by Gasteiger charge is 2.27. The number of fused-ring (bicyclic) bond motifs is 2. The maximum absolute atomic E-state index is 6.44. The molecule has 5 aromatic rings. The van der Waals surface area contributed by atoms with Crippen LogP contribution in [0.2, 0.25) is 0 Å². The van der Waals surface area contributed by atoms with Crippen LogP contribution in [0.4, 0.5) is 23.4 Å². The van der Waals surface area contributed by atoms with Gasteiger partial charge in [-0.2, -0.15) is 4.98 Å². The van der Waals surface area contributed by atoms with Gasteiger partial charge < -0.3 is 26.0 Å². The molecule has 13 heteroatoms. The van der Waals surface area contributed by atoms with Gasteiger partial charge in [-0.15, -0.1) is 0 Å². The van der Waals surface area contributed by atoms with Crippen molar-refractivity contribution in [3.63, 3.8) is 0 Å². The summed E-state index contributed by atoms with van der Waals surface area (Å²) in [6, 6.07) is 13.0. The minimum Gasteiger partial charge on any atom is -0.383 e. The Morgan fingerprint density at radius 3 is 2.74 bits per heavy atom. The monoisotopic (exact) mass is 630 g/mol. The minimum absolute atomic E-state index is 0.0993. The molecule has 0 saturated carbocycles. The van der Waals surface area contributed by atoms with E-state index in [9.17, 15) is 0 Å². The van der Waals surface area contributed by atoms with Crippen molar-refractivity contribution < 1.29 is 4.74 Å². The van der Waals surface area contributed by atoms with E-state index in [-0.39, 0.29) is 6.04 Å². The zero-order chi connectivity index (χ0) is 31.6. The molecule has 7 heterocycles. The van der Waals surface area contributed by atoms with E-state index in [4.69, 9.17) is 25.4 Å². The van der Waals surface area contributed by atoms with Crippen LogP contribution in [0.15, 0.2) is 61.3 Å². The number of anilines is 4. The Labute approximate surface area is 273 Å². The third kappa shape index (κ3) is 6.42. The van der Waals surface area contributed by atoms with Gasteiger partial charge in [0, 0.05) is 61.5 Å². The number of para-hydroxylation sites is 1. The Kier molecular flexibility index (Phi) is 8.24. The molecule has 2 saturated heterocycles. The van der Waals surface area contributed by atoms with E-state index in [1.165, 1.54) is 11.9 Å². The lowest BCUT2D eigenvalue weighted by molar-refractivity contribution is 0.122. The Morgan fingerprint density at radius 2 is 1.85 bits per heavy atom. The minimum atomic E-state index is 0.0993. The second-order valence-corrected chi connectivity index (χ2v) is 12.4. The van der Waals surface area contributed by atoms with Crippen molar-refractivity contribution >= 4 is 34.3 Å². The first-order valence-electron chi connectivity index (χ1n) is 16.3. The van der Waals surface area contributed by atoms with Crippen LogP contribution < -0.4 is 21.3 Å². The number of nitrogens with two attached hydrogens (primary N) is 1. The summed E-state index contributed by atoms with van der Waals surface area (Å²) in [6.45, 7) is 6.25. The molecule has 0 radical (unpaired) electrons. The van der Waals surface area contributed by atoms with Crippen LogP contribution in [0.5, 0.6) is 0 Å². The molecule has 3 aliphatic rings. The molecule has 0 spiro atoms. The van der Waals surface area contributed by atoms with Crippen LogP contribution in [0, 0.1) is 0 Å². The van der Waals surface area contributed by atoms with Crippen LogP contribution in [0.1, 0.15) is 53.0 Å². The van der Waals surface area contributed by atoms with E-state index in [2.05, 4.69) is 70.7 Å². The number of hydrogen-bond acceptors (Lipinski definition) is 13. The number of piperidine rings is 1. The third-order valence-electron chi connectivity index (χ3n) is 9.35. The summed E-state index contributed by atoms with van der Waals surface area (Å²) in [5, 5.41) is 8.02. The first-order valence-corrected chi connectivity index (χ1v) is 16.3. The molecule has 47 heavy (non-hydrogen) atoms. The maximum Gasteiger partial charge on any atom is 0.227 e. The average Bonchev–Trinajstić information content (AvgIpc) is 3.12. The van der Waals surface area contributed by atoms with Gasteiger partial charge in [0.05, 0.1) is 54.2 Å². The summed E-state index contributed by atoms with van der Waals surface area (Å²) < 4.78 is 5.52. The van der Waals surface area contributed by atoms with Crippen LogP contribution in [0.3, 0.4) is 0 Å². The lowest BCUT2D eigenvalue weighted by Gasteiger charge is -2.32. The summed E-state index contributed by atoms with van der Waals surface area (Å²) in [5.41, 5.74) is 13.7. The molecule has 4 N–H and O–H groups in total. The highest BCUT2D eigenvalue weighted by molar-refractivity contribution is 5.82. The number of nitrogens with zero attached hydrogens (tertiary/aromatic N) is 9. The molecule has 4 aromatic heterocycles. The highest BCUT2D eigenvalue weighted by Crippen LogP contribution is 2.35. The van der Waals surface area contributed by atoms with Gasteiger partial charge in [0.15, 0.2) is 0 Å². The molecule has 2 atom stereocenters. The fraction of sp³-hybridized carbons (Fsp3) is 0.382. The topological polar surface area (TPSA) is 156 Å². The first kappa shape index (κ1) is 29.5. The van der Waals surface area contributed by atoms with Gasteiger partial charge in [-0.05, 0) is 43.5 Å². The van der Waals surface area contributed by atoms with Crippen molar-refractivity contribution in [2.75, 3.05) is 55.3 Å². The quantitative estimate of drug-likeness (QED) is 0.240. The second-order valence-electron chi connectivity index (χ2n) is 12.4. The zero-order valence-corrected chi connectivity index (χ0v) is 26.2. The van der Waals surface area contributed by atoms with Crippen molar-refractivity contribution in [1.82, 2.24) is 45.1 Å². The van der Waals surface area contributed by atoms with Crippen LogP contribution in [-0.4, -0.2) is 79.2 Å². The lowest BCUT2D eigenvalue weighted by Crippen LogP contribution is -2.38. The fourth-order valence-corrected chi connectivity index (χ4v) is 6.89. The number of benzene rings is 1. The molecule has 240 valence electrons. The number of aromatic nitrogens is 7. The molecule has 1 aromatic carbocycles. The van der Waals surface area contributed by atoms with E-state index in [0.29, 0.717) is 36.8 Å². The Hall–Kier alpha value is -4.85. The third-order valence-corrected chi connectivity index (χ3v) is 9.35. The second kappa shape index (κ2) is 13.1. The van der Waals surface area contributed by atoms with Crippen molar-refractivity contribution in [2.45, 2.75) is 44.3 Å². The van der Waals surface area contributed by atoms with Crippen molar-refractivity contribution in [3.8, 4) is 0 Å². The highest BCUT2D eigenvalue weighted by atomic mass is 16.5. The van der Waals surface area contributed by atoms with Gasteiger partial charge in [0.1, 0.15) is 12.1 Å². The number of nitrogens with one attached hydrogen (secondary N) is 2. The molecular formula is C34H38N12O.